The molecule has 0 saturated carbocycles. The van der Waals surface area contributed by atoms with Gasteiger partial charge in [0.15, 0.2) is 6.61 Å². The molecule has 6 nitrogen and oxygen atoms in total. The third kappa shape index (κ3) is 4.21. The molecule has 2 aromatic carbocycles. The molecule has 0 spiro atoms. The number of esters is 1. The molecule has 1 amide bonds. The van der Waals surface area contributed by atoms with Crippen LogP contribution in [0.2, 0.25) is 0 Å². The van der Waals surface area contributed by atoms with Crippen molar-refractivity contribution in [1.82, 2.24) is 4.90 Å². The van der Waals surface area contributed by atoms with Crippen LogP contribution in [0.5, 0.6) is 5.75 Å². The molecular weight excluding hydrogens is 332 g/mol. The summed E-state index contributed by atoms with van der Waals surface area (Å²) in [6, 6.07) is 14.7. The van der Waals surface area contributed by atoms with E-state index in [4.69, 9.17) is 10.5 Å². The SMILES string of the molecule is COC(=O)COc1ccc(CC(N)C(=O)N2Cc3ccccc3C2)cc1. The molecule has 1 heterocycles. The van der Waals surface area contributed by atoms with Crippen LogP contribution in [0.1, 0.15) is 16.7 Å². The Bertz CT molecular complexity index is 764. The zero-order valence-corrected chi connectivity index (χ0v) is 14.7. The average Bonchev–Trinajstić information content (AvgIpc) is 3.10. The predicted octanol–water partition coefficient (Wildman–Crippen LogP) is 1.65. The zero-order valence-electron chi connectivity index (χ0n) is 14.7. The van der Waals surface area contributed by atoms with Crippen LogP contribution in [0.15, 0.2) is 48.5 Å². The summed E-state index contributed by atoms with van der Waals surface area (Å²) in [6.45, 7) is 1.09. The Morgan fingerprint density at radius 1 is 1.08 bits per heavy atom. The number of hydrogen-bond acceptors (Lipinski definition) is 5. The van der Waals surface area contributed by atoms with Gasteiger partial charge in [-0.3, -0.25) is 4.79 Å². The first kappa shape index (κ1) is 17.9. The summed E-state index contributed by atoms with van der Waals surface area (Å²) in [5, 5.41) is 0. The maximum Gasteiger partial charge on any atom is 0.343 e. The van der Waals surface area contributed by atoms with Crippen molar-refractivity contribution in [2.24, 2.45) is 5.73 Å². The molecule has 3 rings (SSSR count). The summed E-state index contributed by atoms with van der Waals surface area (Å²) in [4.78, 5) is 25.5. The summed E-state index contributed by atoms with van der Waals surface area (Å²) in [6.07, 6.45) is 0.447. The molecule has 0 bridgehead atoms. The van der Waals surface area contributed by atoms with Gasteiger partial charge in [-0.2, -0.15) is 0 Å². The lowest BCUT2D eigenvalue weighted by atomic mass is 10.1. The molecule has 2 aromatic rings. The first-order valence-corrected chi connectivity index (χ1v) is 8.46. The highest BCUT2D eigenvalue weighted by molar-refractivity contribution is 5.82. The number of nitrogens with zero attached hydrogens (tertiary/aromatic N) is 1. The summed E-state index contributed by atoms with van der Waals surface area (Å²) in [7, 11) is 1.31. The first-order valence-electron chi connectivity index (χ1n) is 8.46. The van der Waals surface area contributed by atoms with E-state index >= 15 is 0 Å². The number of fused-ring (bicyclic) bond motifs is 1. The molecule has 136 valence electrons. The highest BCUT2D eigenvalue weighted by Gasteiger charge is 2.26. The Morgan fingerprint density at radius 3 is 2.27 bits per heavy atom. The van der Waals surface area contributed by atoms with E-state index in [-0.39, 0.29) is 12.5 Å². The molecule has 0 fully saturated rings. The van der Waals surface area contributed by atoms with Gasteiger partial charge < -0.3 is 20.1 Å². The van der Waals surface area contributed by atoms with E-state index < -0.39 is 12.0 Å². The Morgan fingerprint density at radius 2 is 1.69 bits per heavy atom. The third-order valence-electron chi connectivity index (χ3n) is 4.43. The smallest absolute Gasteiger partial charge is 0.343 e. The van der Waals surface area contributed by atoms with Gasteiger partial charge in [-0.15, -0.1) is 0 Å². The summed E-state index contributed by atoms with van der Waals surface area (Å²) < 4.78 is 9.83. The van der Waals surface area contributed by atoms with Gasteiger partial charge in [0.25, 0.3) is 0 Å². The number of carbonyl (C=O) groups is 2. The predicted molar refractivity (Wildman–Crippen MR) is 96.3 cm³/mol. The monoisotopic (exact) mass is 354 g/mol. The number of ether oxygens (including phenoxy) is 2. The van der Waals surface area contributed by atoms with Crippen LogP contribution in [-0.4, -0.2) is 36.5 Å². The van der Waals surface area contributed by atoms with Gasteiger partial charge in [0.05, 0.1) is 13.2 Å². The normalized spacial score (nSPS) is 13.8. The Labute approximate surface area is 152 Å². The lowest BCUT2D eigenvalue weighted by molar-refractivity contribution is -0.143. The number of methoxy groups -OCH3 is 1. The van der Waals surface area contributed by atoms with Crippen molar-refractivity contribution in [1.29, 1.82) is 0 Å². The molecule has 6 heteroatoms. The van der Waals surface area contributed by atoms with Crippen LogP contribution in [0, 0.1) is 0 Å². The van der Waals surface area contributed by atoms with Crippen molar-refractivity contribution in [2.45, 2.75) is 25.6 Å². The summed E-state index contributed by atoms with van der Waals surface area (Å²) in [5.74, 6) is 0.0783. The van der Waals surface area contributed by atoms with Crippen molar-refractivity contribution in [3.05, 3.63) is 65.2 Å². The number of benzene rings is 2. The van der Waals surface area contributed by atoms with Gasteiger partial charge in [-0.1, -0.05) is 36.4 Å². The van der Waals surface area contributed by atoms with E-state index in [1.165, 1.54) is 18.2 Å². The summed E-state index contributed by atoms with van der Waals surface area (Å²) >= 11 is 0. The lowest BCUT2D eigenvalue weighted by Gasteiger charge is -2.20. The van der Waals surface area contributed by atoms with Crippen molar-refractivity contribution >= 4 is 11.9 Å². The van der Waals surface area contributed by atoms with Crippen LogP contribution in [0.25, 0.3) is 0 Å². The molecule has 26 heavy (non-hydrogen) atoms. The van der Waals surface area contributed by atoms with E-state index in [1.807, 2.05) is 36.4 Å². The summed E-state index contributed by atoms with van der Waals surface area (Å²) in [5.41, 5.74) is 9.43. The van der Waals surface area contributed by atoms with Gasteiger partial charge in [0.2, 0.25) is 5.91 Å². The minimum absolute atomic E-state index is 0.0489. The van der Waals surface area contributed by atoms with Crippen molar-refractivity contribution in [3.63, 3.8) is 0 Å². The van der Waals surface area contributed by atoms with Gasteiger partial charge in [-0.05, 0) is 35.2 Å². The van der Waals surface area contributed by atoms with Crippen molar-refractivity contribution in [2.75, 3.05) is 13.7 Å². The number of rotatable bonds is 6. The minimum Gasteiger partial charge on any atom is -0.482 e. The molecule has 0 saturated heterocycles. The number of hydrogen-bond donors (Lipinski definition) is 1. The molecule has 0 aliphatic carbocycles. The molecule has 0 aromatic heterocycles. The number of amides is 1. The largest absolute Gasteiger partial charge is 0.482 e. The van der Waals surface area contributed by atoms with Gasteiger partial charge in [-0.25, -0.2) is 4.79 Å². The van der Waals surface area contributed by atoms with E-state index in [1.54, 1.807) is 17.0 Å². The molecule has 0 radical (unpaired) electrons. The molecule has 1 unspecified atom stereocenters. The van der Waals surface area contributed by atoms with Crippen molar-refractivity contribution < 1.29 is 19.1 Å². The maximum atomic E-state index is 12.6. The maximum absolute atomic E-state index is 12.6. The van der Waals surface area contributed by atoms with Crippen LogP contribution in [0.4, 0.5) is 0 Å². The number of carbonyl (C=O) groups excluding carboxylic acids is 2. The standard InChI is InChI=1S/C20H22N2O4/c1-25-19(23)13-26-17-8-6-14(7-9-17)10-18(21)20(24)22-11-15-4-2-3-5-16(15)12-22/h2-9,18H,10-13,21H2,1H3. The molecular formula is C20H22N2O4. The fourth-order valence-corrected chi connectivity index (χ4v) is 2.99. The van der Waals surface area contributed by atoms with Gasteiger partial charge in [0, 0.05) is 13.1 Å². The quantitative estimate of drug-likeness (QED) is 0.798. The van der Waals surface area contributed by atoms with Crippen LogP contribution in [-0.2, 0) is 33.8 Å². The van der Waals surface area contributed by atoms with E-state index in [0.29, 0.717) is 25.3 Å². The molecule has 2 N–H and O–H groups in total. The number of nitrogens with two attached hydrogens (primary N) is 1. The van der Waals surface area contributed by atoms with Crippen LogP contribution < -0.4 is 10.5 Å². The molecule has 1 atom stereocenters. The third-order valence-corrected chi connectivity index (χ3v) is 4.43. The Hall–Kier alpha value is -2.86. The first-order chi connectivity index (χ1) is 12.6. The lowest BCUT2D eigenvalue weighted by Crippen LogP contribution is -2.42. The molecule has 1 aliphatic rings. The van der Waals surface area contributed by atoms with E-state index in [2.05, 4.69) is 4.74 Å². The Balaban J connectivity index is 1.54. The van der Waals surface area contributed by atoms with E-state index in [9.17, 15) is 9.59 Å². The Kier molecular flexibility index (Phi) is 5.53. The minimum atomic E-state index is -0.592. The average molecular weight is 354 g/mol. The second-order valence-electron chi connectivity index (χ2n) is 6.28. The highest BCUT2D eigenvalue weighted by Crippen LogP contribution is 2.23. The van der Waals surface area contributed by atoms with Crippen LogP contribution >= 0.6 is 0 Å². The fourth-order valence-electron chi connectivity index (χ4n) is 2.99. The second kappa shape index (κ2) is 8.01. The second-order valence-corrected chi connectivity index (χ2v) is 6.28. The topological polar surface area (TPSA) is 81.9 Å². The van der Waals surface area contributed by atoms with Crippen LogP contribution in [0.3, 0.4) is 0 Å². The van der Waals surface area contributed by atoms with Crippen molar-refractivity contribution in [3.8, 4) is 5.75 Å². The molecule has 1 aliphatic heterocycles. The zero-order chi connectivity index (χ0) is 18.5. The highest BCUT2D eigenvalue weighted by atomic mass is 16.6. The fraction of sp³-hybridized carbons (Fsp3) is 0.300. The van der Waals surface area contributed by atoms with E-state index in [0.717, 1.165) is 5.56 Å². The van der Waals surface area contributed by atoms with Gasteiger partial charge >= 0.3 is 5.97 Å². The van der Waals surface area contributed by atoms with Gasteiger partial charge in [0.1, 0.15) is 5.75 Å².